The van der Waals surface area contributed by atoms with Gasteiger partial charge in [-0.1, -0.05) is 34.6 Å². The fourth-order valence-corrected chi connectivity index (χ4v) is 4.27. The molecule has 2 aromatic heterocycles. The lowest BCUT2D eigenvalue weighted by molar-refractivity contribution is 0.289. The van der Waals surface area contributed by atoms with Crippen molar-refractivity contribution in [2.75, 3.05) is 0 Å². The maximum absolute atomic E-state index is 5.91. The molecule has 146 valence electrons. The second-order valence-corrected chi connectivity index (χ2v) is 7.95. The molecule has 0 bridgehead atoms. The number of hydrogen-bond acceptors (Lipinski definition) is 6. The van der Waals surface area contributed by atoms with Crippen LogP contribution in [0.1, 0.15) is 35.7 Å². The molecule has 0 saturated heterocycles. The van der Waals surface area contributed by atoms with E-state index in [0.29, 0.717) is 23.9 Å². The minimum absolute atomic E-state index is 0.322. The molecule has 4 rings (SSSR count). The highest BCUT2D eigenvalue weighted by Gasteiger charge is 2.20. The van der Waals surface area contributed by atoms with Crippen LogP contribution in [0.3, 0.4) is 0 Å². The summed E-state index contributed by atoms with van der Waals surface area (Å²) in [5, 5.41) is 14.4. The number of fused-ring (bicyclic) bond motifs is 1. The van der Waals surface area contributed by atoms with Crippen molar-refractivity contribution in [3.05, 3.63) is 64.8 Å². The van der Waals surface area contributed by atoms with E-state index in [1.54, 1.807) is 23.9 Å². The number of nitrogens with zero attached hydrogens (tertiary/aromatic N) is 4. The van der Waals surface area contributed by atoms with E-state index in [9.17, 15) is 0 Å². The van der Waals surface area contributed by atoms with Crippen LogP contribution in [0.25, 0.3) is 0 Å². The van der Waals surface area contributed by atoms with Gasteiger partial charge in [0.15, 0.2) is 11.0 Å². The predicted octanol–water partition coefficient (Wildman–Crippen LogP) is 4.86. The van der Waals surface area contributed by atoms with Gasteiger partial charge < -0.3 is 9.26 Å². The number of hydrogen-bond donors (Lipinski definition) is 0. The Morgan fingerprint density at radius 3 is 2.86 bits per heavy atom. The molecule has 8 heteroatoms. The lowest BCUT2D eigenvalue weighted by atomic mass is 9.97. The summed E-state index contributed by atoms with van der Waals surface area (Å²) in [4.78, 5) is 0. The van der Waals surface area contributed by atoms with Gasteiger partial charge in [-0.3, -0.25) is 4.57 Å². The van der Waals surface area contributed by atoms with E-state index in [-0.39, 0.29) is 0 Å². The summed E-state index contributed by atoms with van der Waals surface area (Å²) >= 11 is 7.52. The van der Waals surface area contributed by atoms with Crippen LogP contribution >= 0.6 is 23.4 Å². The maximum Gasteiger partial charge on any atom is 0.191 e. The molecule has 3 aromatic rings. The summed E-state index contributed by atoms with van der Waals surface area (Å²) in [6.07, 6.45) is 6.25. The number of thioether (sulfide) groups is 1. The molecule has 0 aliphatic heterocycles. The molecular weight excluding hydrogens is 396 g/mol. The molecule has 0 fully saturated rings. The van der Waals surface area contributed by atoms with Gasteiger partial charge in [0, 0.05) is 29.3 Å². The molecule has 1 aliphatic carbocycles. The molecule has 0 saturated carbocycles. The average Bonchev–Trinajstić information content (AvgIpc) is 3.30. The zero-order valence-electron chi connectivity index (χ0n) is 15.4. The predicted molar refractivity (Wildman–Crippen MR) is 109 cm³/mol. The lowest BCUT2D eigenvalue weighted by Crippen LogP contribution is -2.07. The topological polar surface area (TPSA) is 66.0 Å². The van der Waals surface area contributed by atoms with Crippen LogP contribution in [-0.4, -0.2) is 19.9 Å². The Kier molecular flexibility index (Phi) is 6.02. The van der Waals surface area contributed by atoms with Crippen LogP contribution < -0.4 is 4.74 Å². The number of rotatable bonds is 8. The first-order valence-electron chi connectivity index (χ1n) is 9.25. The van der Waals surface area contributed by atoms with Crippen molar-refractivity contribution in [1.29, 1.82) is 0 Å². The highest BCUT2D eigenvalue weighted by Crippen LogP contribution is 2.29. The van der Waals surface area contributed by atoms with E-state index in [1.807, 2.05) is 22.8 Å². The van der Waals surface area contributed by atoms with Crippen molar-refractivity contribution < 1.29 is 9.26 Å². The van der Waals surface area contributed by atoms with Gasteiger partial charge in [-0.05, 0) is 43.5 Å². The van der Waals surface area contributed by atoms with Gasteiger partial charge in [0.2, 0.25) is 0 Å². The molecule has 1 aliphatic rings. The molecule has 0 amide bonds. The molecule has 0 N–H and O–H groups in total. The monoisotopic (exact) mass is 416 g/mol. The first-order valence-corrected chi connectivity index (χ1v) is 10.6. The molecule has 6 nitrogen and oxygen atoms in total. The summed E-state index contributed by atoms with van der Waals surface area (Å²) in [6.45, 7) is 4.78. The molecule has 1 aromatic carbocycles. The molecular formula is C20H21ClN4O2S. The van der Waals surface area contributed by atoms with Crippen molar-refractivity contribution in [3.8, 4) is 5.75 Å². The van der Waals surface area contributed by atoms with E-state index in [4.69, 9.17) is 20.9 Å². The Morgan fingerprint density at radius 1 is 1.21 bits per heavy atom. The van der Waals surface area contributed by atoms with Crippen LogP contribution in [0.15, 0.2) is 46.6 Å². The first kappa shape index (κ1) is 19.1. The SMILES string of the molecule is C=CCn1c(COc2ccc(Cl)cc2)nnc1SCc1noc2c1CCCC2. The highest BCUT2D eigenvalue weighted by atomic mass is 35.5. The van der Waals surface area contributed by atoms with Gasteiger partial charge in [0.1, 0.15) is 18.1 Å². The largest absolute Gasteiger partial charge is 0.486 e. The average molecular weight is 417 g/mol. The fraction of sp³-hybridized carbons (Fsp3) is 0.350. The molecule has 28 heavy (non-hydrogen) atoms. The Labute approximate surface area is 172 Å². The zero-order chi connectivity index (χ0) is 19.3. The Morgan fingerprint density at radius 2 is 2.04 bits per heavy atom. The third-order valence-electron chi connectivity index (χ3n) is 4.66. The van der Waals surface area contributed by atoms with Gasteiger partial charge in [0.05, 0.1) is 5.69 Å². The summed E-state index contributed by atoms with van der Waals surface area (Å²) in [6, 6.07) is 7.26. The van der Waals surface area contributed by atoms with Crippen LogP contribution in [0.4, 0.5) is 0 Å². The molecule has 0 atom stereocenters. The Balaban J connectivity index is 1.44. The zero-order valence-corrected chi connectivity index (χ0v) is 17.0. The van der Waals surface area contributed by atoms with Gasteiger partial charge in [-0.2, -0.15) is 0 Å². The first-order chi connectivity index (χ1) is 13.7. The maximum atomic E-state index is 5.91. The van der Waals surface area contributed by atoms with E-state index < -0.39 is 0 Å². The molecule has 0 radical (unpaired) electrons. The quantitative estimate of drug-likeness (QED) is 0.386. The summed E-state index contributed by atoms with van der Waals surface area (Å²) < 4.78 is 13.3. The Hall–Kier alpha value is -2.25. The van der Waals surface area contributed by atoms with Crippen molar-refractivity contribution >= 4 is 23.4 Å². The number of benzene rings is 1. The smallest absolute Gasteiger partial charge is 0.191 e. The minimum atomic E-state index is 0.322. The summed E-state index contributed by atoms with van der Waals surface area (Å²) in [5.74, 6) is 3.25. The van der Waals surface area contributed by atoms with Gasteiger partial charge >= 0.3 is 0 Å². The van der Waals surface area contributed by atoms with E-state index in [1.165, 1.54) is 18.4 Å². The van der Waals surface area contributed by atoms with E-state index >= 15 is 0 Å². The second kappa shape index (κ2) is 8.84. The third kappa shape index (κ3) is 4.25. The van der Waals surface area contributed by atoms with Crippen LogP contribution in [0.5, 0.6) is 5.75 Å². The molecule has 0 spiro atoms. The normalized spacial score (nSPS) is 13.3. The number of ether oxygens (including phenoxy) is 1. The van der Waals surface area contributed by atoms with Gasteiger partial charge in [-0.15, -0.1) is 16.8 Å². The fourth-order valence-electron chi connectivity index (χ4n) is 3.22. The van der Waals surface area contributed by atoms with Gasteiger partial charge in [0.25, 0.3) is 0 Å². The van der Waals surface area contributed by atoms with E-state index in [0.717, 1.165) is 41.0 Å². The molecule has 2 heterocycles. The summed E-state index contributed by atoms with van der Waals surface area (Å²) in [7, 11) is 0. The number of halogens is 1. The Bertz CT molecular complexity index is 952. The summed E-state index contributed by atoms with van der Waals surface area (Å²) in [5.41, 5.74) is 2.30. The van der Waals surface area contributed by atoms with Crippen molar-refractivity contribution in [1.82, 2.24) is 19.9 Å². The number of aromatic nitrogens is 4. The number of allylic oxidation sites excluding steroid dienone is 1. The number of aryl methyl sites for hydroxylation is 1. The third-order valence-corrected chi connectivity index (χ3v) is 5.89. The molecule has 0 unspecified atom stereocenters. The van der Waals surface area contributed by atoms with Crippen molar-refractivity contribution in [3.63, 3.8) is 0 Å². The van der Waals surface area contributed by atoms with Crippen LogP contribution in [0.2, 0.25) is 5.02 Å². The van der Waals surface area contributed by atoms with Crippen LogP contribution in [0, 0.1) is 0 Å². The van der Waals surface area contributed by atoms with E-state index in [2.05, 4.69) is 21.9 Å². The van der Waals surface area contributed by atoms with Crippen molar-refractivity contribution in [2.24, 2.45) is 0 Å². The minimum Gasteiger partial charge on any atom is -0.486 e. The van der Waals surface area contributed by atoms with Gasteiger partial charge in [-0.25, -0.2) is 0 Å². The standard InChI is InChI=1S/C20H21ClN4O2S/c1-2-11-25-19(12-26-15-9-7-14(21)8-10-15)22-23-20(25)28-13-17-16-5-3-4-6-18(16)27-24-17/h2,7-10H,1,3-6,11-13H2. The van der Waals surface area contributed by atoms with Crippen molar-refractivity contribution in [2.45, 2.75) is 49.7 Å². The second-order valence-electron chi connectivity index (χ2n) is 6.57. The van der Waals surface area contributed by atoms with Crippen LogP contribution in [-0.2, 0) is 31.7 Å². The highest BCUT2D eigenvalue weighted by molar-refractivity contribution is 7.98. The lowest BCUT2D eigenvalue weighted by Gasteiger charge is -2.10.